The number of hydrogen-bond acceptors (Lipinski definition) is 5. The van der Waals surface area contributed by atoms with Crippen LogP contribution in [-0.2, 0) is 17.8 Å². The molecule has 2 aromatic rings. The van der Waals surface area contributed by atoms with Crippen molar-refractivity contribution in [2.75, 3.05) is 13.1 Å². The zero-order chi connectivity index (χ0) is 14.0. The monoisotopic (exact) mass is 277 g/mol. The maximum absolute atomic E-state index is 13.5. The van der Waals surface area contributed by atoms with E-state index in [4.69, 9.17) is 9.26 Å². The van der Waals surface area contributed by atoms with Gasteiger partial charge in [0.25, 0.3) is 5.89 Å². The average Bonchev–Trinajstić information content (AvgIpc) is 2.85. The van der Waals surface area contributed by atoms with Crippen LogP contribution in [0.3, 0.4) is 0 Å². The van der Waals surface area contributed by atoms with Crippen LogP contribution >= 0.6 is 0 Å². The summed E-state index contributed by atoms with van der Waals surface area (Å²) in [6.07, 6.45) is 0.314. The molecule has 1 fully saturated rings. The largest absolute Gasteiger partial charge is 0.363 e. The third-order valence-electron chi connectivity index (χ3n) is 3.36. The van der Waals surface area contributed by atoms with Crippen molar-refractivity contribution in [3.8, 4) is 0 Å². The lowest BCUT2D eigenvalue weighted by atomic mass is 10.0. The summed E-state index contributed by atoms with van der Waals surface area (Å²) >= 11 is 0. The standard InChI is InChI=1S/C14H16FN3O2/c1-14(8-16-9-14)19-7-13-17-12(18-20-13)6-10-4-2-3-5-11(10)15/h2-5,16H,6-9H2,1H3. The molecule has 0 spiro atoms. The molecule has 6 heteroatoms. The maximum atomic E-state index is 13.5. The lowest BCUT2D eigenvalue weighted by Gasteiger charge is -2.38. The van der Waals surface area contributed by atoms with Crippen LogP contribution in [0.2, 0.25) is 0 Å². The minimum atomic E-state index is -0.261. The summed E-state index contributed by atoms with van der Waals surface area (Å²) in [4.78, 5) is 4.22. The van der Waals surface area contributed by atoms with E-state index >= 15 is 0 Å². The Bertz CT molecular complexity index is 596. The number of hydrogen-bond donors (Lipinski definition) is 1. The number of nitrogens with zero attached hydrogens (tertiary/aromatic N) is 2. The van der Waals surface area contributed by atoms with Gasteiger partial charge in [0.15, 0.2) is 5.82 Å². The van der Waals surface area contributed by atoms with E-state index in [1.807, 2.05) is 6.92 Å². The topological polar surface area (TPSA) is 60.2 Å². The Labute approximate surface area is 116 Å². The molecular formula is C14H16FN3O2. The van der Waals surface area contributed by atoms with E-state index < -0.39 is 0 Å². The Morgan fingerprint density at radius 2 is 2.20 bits per heavy atom. The second-order valence-corrected chi connectivity index (χ2v) is 5.21. The molecule has 1 N–H and O–H groups in total. The quantitative estimate of drug-likeness (QED) is 0.901. The van der Waals surface area contributed by atoms with Crippen molar-refractivity contribution in [2.45, 2.75) is 25.6 Å². The predicted octanol–water partition coefficient (Wildman–Crippen LogP) is 1.68. The minimum absolute atomic E-state index is 0.153. The van der Waals surface area contributed by atoms with Gasteiger partial charge in [0.2, 0.25) is 0 Å². The van der Waals surface area contributed by atoms with Gasteiger partial charge >= 0.3 is 0 Å². The molecule has 0 radical (unpaired) electrons. The summed E-state index contributed by atoms with van der Waals surface area (Å²) in [5.74, 6) is 0.623. The van der Waals surface area contributed by atoms with Crippen molar-refractivity contribution in [1.82, 2.24) is 15.5 Å². The molecule has 3 rings (SSSR count). The first-order valence-electron chi connectivity index (χ1n) is 6.54. The third-order valence-corrected chi connectivity index (χ3v) is 3.36. The number of benzene rings is 1. The van der Waals surface area contributed by atoms with E-state index in [-0.39, 0.29) is 18.0 Å². The molecule has 1 aliphatic rings. The second kappa shape index (κ2) is 5.30. The molecule has 5 nitrogen and oxygen atoms in total. The van der Waals surface area contributed by atoms with E-state index in [2.05, 4.69) is 15.5 Å². The van der Waals surface area contributed by atoms with Gasteiger partial charge in [0.1, 0.15) is 12.4 Å². The number of rotatable bonds is 5. The van der Waals surface area contributed by atoms with Gasteiger partial charge in [-0.05, 0) is 18.6 Å². The summed E-state index contributed by atoms with van der Waals surface area (Å²) < 4.78 is 24.3. The number of nitrogens with one attached hydrogen (secondary N) is 1. The zero-order valence-electron chi connectivity index (χ0n) is 11.2. The van der Waals surface area contributed by atoms with Crippen molar-refractivity contribution >= 4 is 0 Å². The van der Waals surface area contributed by atoms with Gasteiger partial charge in [-0.3, -0.25) is 0 Å². The summed E-state index contributed by atoms with van der Waals surface area (Å²) in [5, 5.41) is 7.00. The molecule has 0 saturated carbocycles. The van der Waals surface area contributed by atoms with Gasteiger partial charge in [-0.2, -0.15) is 4.98 Å². The van der Waals surface area contributed by atoms with Gasteiger partial charge in [-0.25, -0.2) is 4.39 Å². The number of halogens is 1. The number of aromatic nitrogens is 2. The van der Waals surface area contributed by atoms with Crippen molar-refractivity contribution in [2.24, 2.45) is 0 Å². The van der Waals surface area contributed by atoms with Gasteiger partial charge in [-0.1, -0.05) is 23.4 Å². The third kappa shape index (κ3) is 2.86. The molecule has 0 unspecified atom stereocenters. The van der Waals surface area contributed by atoms with Crippen LogP contribution in [0.15, 0.2) is 28.8 Å². The van der Waals surface area contributed by atoms with Crippen molar-refractivity contribution in [1.29, 1.82) is 0 Å². The lowest BCUT2D eigenvalue weighted by molar-refractivity contribution is -0.0841. The van der Waals surface area contributed by atoms with Crippen molar-refractivity contribution in [3.63, 3.8) is 0 Å². The SMILES string of the molecule is CC1(OCc2nc(Cc3ccccc3F)no2)CNC1. The highest BCUT2D eigenvalue weighted by Crippen LogP contribution is 2.17. The van der Waals surface area contributed by atoms with Crippen LogP contribution < -0.4 is 5.32 Å². The molecule has 0 atom stereocenters. The molecule has 106 valence electrons. The van der Waals surface area contributed by atoms with Gasteiger partial charge < -0.3 is 14.6 Å². The Kier molecular flexibility index (Phi) is 3.50. The Morgan fingerprint density at radius 1 is 1.40 bits per heavy atom. The summed E-state index contributed by atoms with van der Waals surface area (Å²) in [6, 6.07) is 6.57. The van der Waals surface area contributed by atoms with Crippen molar-refractivity contribution < 1.29 is 13.7 Å². The molecule has 1 aromatic heterocycles. The molecule has 1 aliphatic heterocycles. The molecular weight excluding hydrogens is 261 g/mol. The van der Waals surface area contributed by atoms with Gasteiger partial charge in [0, 0.05) is 19.5 Å². The summed E-state index contributed by atoms with van der Waals surface area (Å²) in [7, 11) is 0. The number of ether oxygens (including phenoxy) is 1. The van der Waals surface area contributed by atoms with Crippen LogP contribution in [0, 0.1) is 5.82 Å². The Hall–Kier alpha value is -1.79. The first kappa shape index (κ1) is 13.2. The first-order chi connectivity index (χ1) is 9.65. The Morgan fingerprint density at radius 3 is 2.90 bits per heavy atom. The van der Waals surface area contributed by atoms with E-state index in [0.717, 1.165) is 13.1 Å². The normalized spacial score (nSPS) is 16.9. The minimum Gasteiger partial charge on any atom is -0.363 e. The van der Waals surface area contributed by atoms with E-state index in [9.17, 15) is 4.39 Å². The fraction of sp³-hybridized carbons (Fsp3) is 0.429. The average molecular weight is 277 g/mol. The first-order valence-corrected chi connectivity index (χ1v) is 6.54. The summed E-state index contributed by atoms with van der Waals surface area (Å²) in [6.45, 7) is 3.95. The van der Waals surface area contributed by atoms with Gasteiger partial charge in [-0.15, -0.1) is 0 Å². The molecule has 20 heavy (non-hydrogen) atoms. The Balaban J connectivity index is 1.60. The maximum Gasteiger partial charge on any atom is 0.252 e. The molecule has 1 aromatic carbocycles. The van der Waals surface area contributed by atoms with E-state index in [1.165, 1.54) is 6.07 Å². The van der Waals surface area contributed by atoms with Crippen molar-refractivity contribution in [3.05, 3.63) is 47.4 Å². The van der Waals surface area contributed by atoms with Crippen LogP contribution in [0.4, 0.5) is 4.39 Å². The van der Waals surface area contributed by atoms with Crippen LogP contribution in [0.5, 0.6) is 0 Å². The van der Waals surface area contributed by atoms with E-state index in [1.54, 1.807) is 18.2 Å². The predicted molar refractivity (Wildman–Crippen MR) is 69.6 cm³/mol. The highest BCUT2D eigenvalue weighted by atomic mass is 19.1. The fourth-order valence-corrected chi connectivity index (χ4v) is 2.05. The highest BCUT2D eigenvalue weighted by molar-refractivity contribution is 5.20. The van der Waals surface area contributed by atoms with E-state index in [0.29, 0.717) is 23.7 Å². The van der Waals surface area contributed by atoms with Gasteiger partial charge in [0.05, 0.1) is 5.60 Å². The smallest absolute Gasteiger partial charge is 0.252 e. The second-order valence-electron chi connectivity index (χ2n) is 5.21. The highest BCUT2D eigenvalue weighted by Gasteiger charge is 2.32. The molecule has 0 aliphatic carbocycles. The fourth-order valence-electron chi connectivity index (χ4n) is 2.05. The molecule has 0 amide bonds. The summed E-state index contributed by atoms with van der Waals surface area (Å²) in [5.41, 5.74) is 0.399. The molecule has 0 bridgehead atoms. The van der Waals surface area contributed by atoms with Crippen LogP contribution in [0.1, 0.15) is 24.2 Å². The molecule has 2 heterocycles. The molecule has 1 saturated heterocycles. The van der Waals surface area contributed by atoms with Crippen LogP contribution in [0.25, 0.3) is 0 Å². The lowest BCUT2D eigenvalue weighted by Crippen LogP contribution is -2.58. The zero-order valence-corrected chi connectivity index (χ0v) is 11.2. The van der Waals surface area contributed by atoms with Crippen LogP contribution in [-0.4, -0.2) is 28.8 Å².